The van der Waals surface area contributed by atoms with Crippen LogP contribution in [0.2, 0.25) is 0 Å². The van der Waals surface area contributed by atoms with E-state index >= 15 is 0 Å². The fraction of sp³-hybridized carbons (Fsp3) is 0.538. The molecule has 0 radical (unpaired) electrons. The maximum atomic E-state index is 11.6. The smallest absolute Gasteiger partial charge is 0.272 e. The largest absolute Gasteiger partial charge is 0.328 e. The van der Waals surface area contributed by atoms with E-state index in [1.165, 1.54) is 12.8 Å². The number of aromatic nitrogens is 1. The number of hydrogen-bond acceptors (Lipinski definition) is 3. The lowest BCUT2D eigenvalue weighted by Gasteiger charge is -2.26. The molecule has 0 amide bonds. The predicted molar refractivity (Wildman–Crippen MR) is 64.1 cm³/mol. The van der Waals surface area contributed by atoms with Crippen molar-refractivity contribution in [3.63, 3.8) is 0 Å². The minimum Gasteiger partial charge on any atom is -0.328 e. The molecule has 1 saturated carbocycles. The zero-order valence-corrected chi connectivity index (χ0v) is 9.43. The second-order valence-corrected chi connectivity index (χ2v) is 4.66. The zero-order valence-electron chi connectivity index (χ0n) is 9.43. The molecule has 1 fully saturated rings. The summed E-state index contributed by atoms with van der Waals surface area (Å²) in [6.45, 7) is 0. The summed E-state index contributed by atoms with van der Waals surface area (Å²) in [5, 5.41) is 0. The van der Waals surface area contributed by atoms with Gasteiger partial charge in [-0.15, -0.1) is 0 Å². The summed E-state index contributed by atoms with van der Waals surface area (Å²) in [6.07, 6.45) is 6.92. The van der Waals surface area contributed by atoms with Gasteiger partial charge in [0.2, 0.25) is 0 Å². The van der Waals surface area contributed by atoms with Gasteiger partial charge in [0.15, 0.2) is 0 Å². The van der Waals surface area contributed by atoms with Gasteiger partial charge in [0.1, 0.15) is 0 Å². The summed E-state index contributed by atoms with van der Waals surface area (Å²) < 4.78 is 0. The molecule has 0 spiro atoms. The number of hydrogen-bond donors (Lipinski definition) is 1. The molecule has 1 aliphatic carbocycles. The van der Waals surface area contributed by atoms with Crippen molar-refractivity contribution in [2.45, 2.75) is 38.1 Å². The minimum atomic E-state index is -0.0934. The Morgan fingerprint density at radius 3 is 3.06 bits per heavy atom. The van der Waals surface area contributed by atoms with Crippen LogP contribution in [0.1, 0.15) is 31.2 Å². The Morgan fingerprint density at radius 1 is 1.38 bits per heavy atom. The highest BCUT2D eigenvalue weighted by molar-refractivity contribution is 5.10. The first-order valence-electron chi connectivity index (χ1n) is 5.95. The van der Waals surface area contributed by atoms with Gasteiger partial charge in [-0.3, -0.25) is 4.79 Å². The second-order valence-electron chi connectivity index (χ2n) is 4.66. The first kappa shape index (κ1) is 11.3. The van der Waals surface area contributed by atoms with Gasteiger partial charge in [0.05, 0.1) is 0 Å². The fourth-order valence-electron chi connectivity index (χ4n) is 2.47. The van der Waals surface area contributed by atoms with Crippen molar-refractivity contribution < 1.29 is 0 Å². The fourth-order valence-corrected chi connectivity index (χ4v) is 2.47. The van der Waals surface area contributed by atoms with E-state index in [4.69, 9.17) is 5.73 Å². The predicted octanol–water partition coefficient (Wildman–Crippen LogP) is 1.50. The molecule has 3 heteroatoms. The molecule has 2 atom stereocenters. The molecular formula is C13H18N2O. The highest BCUT2D eigenvalue weighted by Gasteiger charge is 2.20. The molecule has 0 bridgehead atoms. The summed E-state index contributed by atoms with van der Waals surface area (Å²) in [6, 6.07) is 5.87. The van der Waals surface area contributed by atoms with E-state index in [9.17, 15) is 4.79 Å². The molecule has 2 unspecified atom stereocenters. The molecular weight excluding hydrogens is 200 g/mol. The van der Waals surface area contributed by atoms with Gasteiger partial charge in [0.25, 0.3) is 5.56 Å². The molecule has 86 valence electrons. The lowest BCUT2D eigenvalue weighted by atomic mass is 9.83. The van der Waals surface area contributed by atoms with E-state index in [-0.39, 0.29) is 5.56 Å². The molecule has 0 aliphatic heterocycles. The van der Waals surface area contributed by atoms with Crippen LogP contribution in [0.3, 0.4) is 0 Å². The first-order valence-corrected chi connectivity index (χ1v) is 5.95. The quantitative estimate of drug-likeness (QED) is 0.818. The minimum absolute atomic E-state index is 0.0934. The van der Waals surface area contributed by atoms with E-state index in [2.05, 4.69) is 4.98 Å². The third kappa shape index (κ3) is 2.89. The molecule has 3 nitrogen and oxygen atoms in total. The second kappa shape index (κ2) is 5.21. The average molecular weight is 218 g/mol. The van der Waals surface area contributed by atoms with Crippen LogP contribution in [0.4, 0.5) is 0 Å². The van der Waals surface area contributed by atoms with E-state index in [1.807, 2.05) is 12.1 Å². The van der Waals surface area contributed by atoms with Crippen LogP contribution in [0.25, 0.3) is 0 Å². The van der Waals surface area contributed by atoms with Crippen molar-refractivity contribution in [1.82, 2.24) is 4.98 Å². The molecule has 16 heavy (non-hydrogen) atoms. The number of rotatable bonds is 2. The lowest BCUT2D eigenvalue weighted by Crippen LogP contribution is -2.29. The molecule has 1 aromatic heterocycles. The van der Waals surface area contributed by atoms with Crippen molar-refractivity contribution in [2.24, 2.45) is 11.7 Å². The lowest BCUT2D eigenvalue weighted by molar-refractivity contribution is 0.320. The molecule has 0 aromatic carbocycles. The van der Waals surface area contributed by atoms with Crippen LogP contribution >= 0.6 is 0 Å². The third-order valence-corrected chi connectivity index (χ3v) is 3.29. The van der Waals surface area contributed by atoms with E-state index in [0.29, 0.717) is 12.0 Å². The van der Waals surface area contributed by atoms with Crippen molar-refractivity contribution in [1.29, 1.82) is 0 Å². The third-order valence-electron chi connectivity index (χ3n) is 3.29. The standard InChI is InChI=1S/C13H18N2O/c14-12-6-3-4-10(9-12)8-11-5-1-2-7-15-13(11)16/h1-2,5,7,10,12H,3-4,6,8-9,14H2. The van der Waals surface area contributed by atoms with Crippen molar-refractivity contribution in [2.75, 3.05) is 0 Å². The van der Waals surface area contributed by atoms with Crippen LogP contribution < -0.4 is 11.3 Å². The Morgan fingerprint density at radius 2 is 2.25 bits per heavy atom. The Bertz CT molecular complexity index is 405. The normalized spacial score (nSPS) is 25.3. The topological polar surface area (TPSA) is 56.0 Å². The summed E-state index contributed by atoms with van der Waals surface area (Å²) >= 11 is 0. The van der Waals surface area contributed by atoms with Gasteiger partial charge < -0.3 is 5.73 Å². The molecule has 0 saturated heterocycles. The summed E-state index contributed by atoms with van der Waals surface area (Å²) in [7, 11) is 0. The van der Waals surface area contributed by atoms with Gasteiger partial charge >= 0.3 is 0 Å². The SMILES string of the molecule is NC1CCCC(Cc2ccccnc2=O)C1. The maximum absolute atomic E-state index is 11.6. The highest BCUT2D eigenvalue weighted by atomic mass is 16.1. The van der Waals surface area contributed by atoms with Crippen LogP contribution in [0, 0.1) is 5.92 Å². The van der Waals surface area contributed by atoms with Crippen molar-refractivity contribution in [3.05, 3.63) is 40.3 Å². The Labute approximate surface area is 95.7 Å². The van der Waals surface area contributed by atoms with Gasteiger partial charge in [-0.2, -0.15) is 0 Å². The molecule has 1 aliphatic rings. The summed E-state index contributed by atoms with van der Waals surface area (Å²) in [4.78, 5) is 15.5. The van der Waals surface area contributed by atoms with Gasteiger partial charge in [-0.05, 0) is 31.2 Å². The van der Waals surface area contributed by atoms with Crippen LogP contribution in [0.15, 0.2) is 29.2 Å². The molecule has 1 heterocycles. The van der Waals surface area contributed by atoms with Gasteiger partial charge in [-0.25, -0.2) is 4.98 Å². The first-order chi connectivity index (χ1) is 7.75. The van der Waals surface area contributed by atoms with Crippen molar-refractivity contribution in [3.8, 4) is 0 Å². The van der Waals surface area contributed by atoms with Gasteiger partial charge in [0, 0.05) is 17.8 Å². The molecule has 2 rings (SSSR count). The number of nitrogens with zero attached hydrogens (tertiary/aromatic N) is 1. The Kier molecular flexibility index (Phi) is 3.67. The average Bonchev–Trinajstić information content (AvgIpc) is 2.45. The van der Waals surface area contributed by atoms with Gasteiger partial charge in [-0.1, -0.05) is 25.0 Å². The Hall–Kier alpha value is -1.22. The van der Waals surface area contributed by atoms with E-state index in [0.717, 1.165) is 24.8 Å². The monoisotopic (exact) mass is 218 g/mol. The summed E-state index contributed by atoms with van der Waals surface area (Å²) in [5.74, 6) is 0.556. The zero-order chi connectivity index (χ0) is 11.4. The van der Waals surface area contributed by atoms with Crippen molar-refractivity contribution >= 4 is 0 Å². The highest BCUT2D eigenvalue weighted by Crippen LogP contribution is 2.25. The summed E-state index contributed by atoms with van der Waals surface area (Å²) in [5.41, 5.74) is 6.68. The molecule has 1 aromatic rings. The van der Waals surface area contributed by atoms with Crippen LogP contribution in [-0.4, -0.2) is 11.0 Å². The van der Waals surface area contributed by atoms with Crippen LogP contribution in [-0.2, 0) is 6.42 Å². The van der Waals surface area contributed by atoms with E-state index in [1.54, 1.807) is 12.3 Å². The Balaban J connectivity index is 2.09. The van der Waals surface area contributed by atoms with E-state index < -0.39 is 0 Å². The number of nitrogens with two attached hydrogens (primary N) is 1. The maximum Gasteiger partial charge on any atom is 0.272 e. The van der Waals surface area contributed by atoms with Crippen LogP contribution in [0.5, 0.6) is 0 Å². The molecule has 2 N–H and O–H groups in total.